The second-order valence-corrected chi connectivity index (χ2v) is 9.66. The van der Waals surface area contributed by atoms with Crippen molar-refractivity contribution < 1.29 is 13.2 Å². The van der Waals surface area contributed by atoms with Crippen molar-refractivity contribution in [2.24, 2.45) is 0 Å². The van der Waals surface area contributed by atoms with E-state index < -0.39 is 16.1 Å². The number of carbonyl (C=O) groups is 1. The Morgan fingerprint density at radius 3 is 2.59 bits per heavy atom. The summed E-state index contributed by atoms with van der Waals surface area (Å²) in [6.07, 6.45) is 1.62. The van der Waals surface area contributed by atoms with Crippen LogP contribution in [-0.2, 0) is 14.8 Å². The van der Waals surface area contributed by atoms with Gasteiger partial charge in [0.2, 0.25) is 15.9 Å². The largest absolute Gasteiger partial charge is 0.301 e. The van der Waals surface area contributed by atoms with E-state index in [0.29, 0.717) is 23.2 Å². The van der Waals surface area contributed by atoms with Crippen LogP contribution in [0.3, 0.4) is 0 Å². The summed E-state index contributed by atoms with van der Waals surface area (Å²) in [7, 11) is -3.74. The summed E-state index contributed by atoms with van der Waals surface area (Å²) in [4.78, 5) is 18.3. The molecule has 1 aliphatic rings. The van der Waals surface area contributed by atoms with Crippen molar-refractivity contribution in [1.82, 2.24) is 14.2 Å². The van der Waals surface area contributed by atoms with Crippen molar-refractivity contribution in [3.63, 3.8) is 0 Å². The first kappa shape index (κ1) is 20.5. The predicted molar refractivity (Wildman–Crippen MR) is 107 cm³/mol. The van der Waals surface area contributed by atoms with Crippen LogP contribution < -0.4 is 5.32 Å². The third-order valence-electron chi connectivity index (χ3n) is 4.37. The molecule has 1 saturated heterocycles. The number of carbonyl (C=O) groups excluding carboxylic acids is 1. The molecule has 0 bridgehead atoms. The topological polar surface area (TPSA) is 82.6 Å². The number of thiazole rings is 1. The number of benzene rings is 1. The number of nitrogens with zero attached hydrogens (tertiary/aromatic N) is 3. The Kier molecular flexibility index (Phi) is 6.39. The Morgan fingerprint density at radius 2 is 1.96 bits per heavy atom. The van der Waals surface area contributed by atoms with E-state index in [1.54, 1.807) is 24.6 Å². The van der Waals surface area contributed by atoms with Crippen LogP contribution in [-0.4, -0.2) is 60.7 Å². The predicted octanol–water partition coefficient (Wildman–Crippen LogP) is 2.78. The molecule has 1 fully saturated rings. The van der Waals surface area contributed by atoms with E-state index in [4.69, 9.17) is 23.2 Å². The van der Waals surface area contributed by atoms with Crippen molar-refractivity contribution in [1.29, 1.82) is 0 Å². The fourth-order valence-electron chi connectivity index (χ4n) is 2.81. The van der Waals surface area contributed by atoms with Gasteiger partial charge in [0.1, 0.15) is 4.90 Å². The van der Waals surface area contributed by atoms with Crippen LogP contribution in [0.5, 0.6) is 0 Å². The van der Waals surface area contributed by atoms with E-state index in [9.17, 15) is 13.2 Å². The zero-order valence-corrected chi connectivity index (χ0v) is 17.6. The molecular formula is C16H18Cl2N4O3S2. The first-order chi connectivity index (χ1) is 12.8. The zero-order chi connectivity index (χ0) is 19.6. The van der Waals surface area contributed by atoms with E-state index in [1.165, 1.54) is 27.8 Å². The molecule has 2 heterocycles. The molecule has 2 aromatic rings. The number of aromatic nitrogens is 1. The lowest BCUT2D eigenvalue weighted by molar-refractivity contribution is -0.121. The van der Waals surface area contributed by atoms with Crippen molar-refractivity contribution in [2.75, 3.05) is 31.5 Å². The smallest absolute Gasteiger partial charge is 0.244 e. The number of amides is 1. The van der Waals surface area contributed by atoms with Gasteiger partial charge in [0.05, 0.1) is 11.1 Å². The van der Waals surface area contributed by atoms with Crippen molar-refractivity contribution in [3.8, 4) is 0 Å². The van der Waals surface area contributed by atoms with E-state index in [0.717, 1.165) is 0 Å². The molecule has 7 nitrogen and oxygen atoms in total. The molecule has 3 rings (SSSR count). The van der Waals surface area contributed by atoms with Crippen molar-refractivity contribution >= 4 is 55.6 Å². The highest BCUT2D eigenvalue weighted by Crippen LogP contribution is 2.28. The van der Waals surface area contributed by atoms with E-state index in [1.807, 2.05) is 4.90 Å². The second-order valence-electron chi connectivity index (χ2n) is 6.02. The molecule has 27 heavy (non-hydrogen) atoms. The standard InChI is InChI=1S/C16H18Cl2N4O3S2/c1-11(15(23)20-16-19-4-9-26-16)21-5-7-22(8-6-21)27(24,25)14-10-12(17)2-3-13(14)18/h2-4,9-11H,5-8H2,1H3,(H,19,20,23). The molecule has 1 N–H and O–H groups in total. The monoisotopic (exact) mass is 448 g/mol. The Morgan fingerprint density at radius 1 is 1.26 bits per heavy atom. The lowest BCUT2D eigenvalue weighted by Crippen LogP contribution is -2.53. The molecule has 1 atom stereocenters. The first-order valence-electron chi connectivity index (χ1n) is 8.18. The molecule has 0 aliphatic carbocycles. The molecule has 1 aromatic heterocycles. The fraction of sp³-hybridized carbons (Fsp3) is 0.375. The third-order valence-corrected chi connectivity index (χ3v) is 7.68. The highest BCUT2D eigenvalue weighted by molar-refractivity contribution is 7.89. The van der Waals surface area contributed by atoms with Crippen LogP contribution in [0.25, 0.3) is 0 Å². The average Bonchev–Trinajstić information content (AvgIpc) is 3.16. The highest BCUT2D eigenvalue weighted by atomic mass is 35.5. The normalized spacial score (nSPS) is 17.6. The van der Waals surface area contributed by atoms with Crippen LogP contribution in [0.2, 0.25) is 10.0 Å². The molecule has 146 valence electrons. The molecule has 0 saturated carbocycles. The SMILES string of the molecule is CC(C(=O)Nc1nccs1)N1CCN(S(=O)(=O)c2cc(Cl)ccc2Cl)CC1. The van der Waals surface area contributed by atoms with Crippen LogP contribution in [0, 0.1) is 0 Å². The molecule has 0 spiro atoms. The number of hydrogen-bond acceptors (Lipinski definition) is 6. The first-order valence-corrected chi connectivity index (χ1v) is 11.3. The molecule has 11 heteroatoms. The number of anilines is 1. The summed E-state index contributed by atoms with van der Waals surface area (Å²) in [5.74, 6) is -0.167. The van der Waals surface area contributed by atoms with E-state index >= 15 is 0 Å². The van der Waals surface area contributed by atoms with Crippen LogP contribution >= 0.6 is 34.5 Å². The average molecular weight is 449 g/mol. The van der Waals surface area contributed by atoms with Gasteiger partial charge in [0.15, 0.2) is 5.13 Å². The summed E-state index contributed by atoms with van der Waals surface area (Å²) in [5.41, 5.74) is 0. The van der Waals surface area contributed by atoms with Gasteiger partial charge in [0.25, 0.3) is 0 Å². The van der Waals surface area contributed by atoms with Gasteiger partial charge in [-0.3, -0.25) is 9.69 Å². The molecule has 1 aliphatic heterocycles. The summed E-state index contributed by atoms with van der Waals surface area (Å²) >= 11 is 13.3. The van der Waals surface area contributed by atoms with Gasteiger partial charge in [0, 0.05) is 42.8 Å². The van der Waals surface area contributed by atoms with Gasteiger partial charge in [-0.1, -0.05) is 23.2 Å². The minimum atomic E-state index is -3.74. The van der Waals surface area contributed by atoms with Crippen molar-refractivity contribution in [2.45, 2.75) is 17.9 Å². The minimum Gasteiger partial charge on any atom is -0.301 e. The molecule has 0 radical (unpaired) electrons. The van der Waals surface area contributed by atoms with Gasteiger partial charge in [-0.25, -0.2) is 13.4 Å². The number of piperazine rings is 1. The van der Waals surface area contributed by atoms with Gasteiger partial charge in [-0.15, -0.1) is 11.3 Å². The number of rotatable bonds is 5. The Bertz CT molecular complexity index is 914. The lowest BCUT2D eigenvalue weighted by atomic mass is 10.2. The number of nitrogens with one attached hydrogen (secondary N) is 1. The van der Waals surface area contributed by atoms with Gasteiger partial charge in [-0.05, 0) is 25.1 Å². The summed E-state index contributed by atoms with van der Waals surface area (Å²) in [5, 5.41) is 5.54. The second kappa shape index (κ2) is 8.42. The van der Waals surface area contributed by atoms with E-state index in [2.05, 4.69) is 10.3 Å². The Hall–Kier alpha value is -1.23. The maximum absolute atomic E-state index is 12.9. The van der Waals surface area contributed by atoms with Crippen LogP contribution in [0.15, 0.2) is 34.7 Å². The summed E-state index contributed by atoms with van der Waals surface area (Å²) < 4.78 is 27.1. The Labute approximate surface area is 171 Å². The van der Waals surface area contributed by atoms with Crippen LogP contribution in [0.1, 0.15) is 6.92 Å². The number of hydrogen-bond donors (Lipinski definition) is 1. The van der Waals surface area contributed by atoms with Gasteiger partial charge in [-0.2, -0.15) is 4.31 Å². The third kappa shape index (κ3) is 4.61. The van der Waals surface area contributed by atoms with E-state index in [-0.39, 0.29) is 28.9 Å². The number of sulfonamides is 1. The summed E-state index contributed by atoms with van der Waals surface area (Å²) in [6.45, 7) is 3.19. The molecule has 1 unspecified atom stereocenters. The highest BCUT2D eigenvalue weighted by Gasteiger charge is 2.33. The maximum atomic E-state index is 12.9. The molecule has 1 amide bonds. The fourth-order valence-corrected chi connectivity index (χ4v) is 5.50. The quantitative estimate of drug-likeness (QED) is 0.759. The number of halogens is 2. The van der Waals surface area contributed by atoms with Gasteiger partial charge < -0.3 is 5.32 Å². The Balaban J connectivity index is 1.64. The zero-order valence-electron chi connectivity index (χ0n) is 14.4. The summed E-state index contributed by atoms with van der Waals surface area (Å²) in [6, 6.07) is 3.98. The molecule has 1 aromatic carbocycles. The minimum absolute atomic E-state index is 0.000298. The lowest BCUT2D eigenvalue weighted by Gasteiger charge is -2.36. The van der Waals surface area contributed by atoms with Crippen molar-refractivity contribution in [3.05, 3.63) is 39.8 Å². The van der Waals surface area contributed by atoms with Gasteiger partial charge >= 0.3 is 0 Å². The van der Waals surface area contributed by atoms with Crippen LogP contribution in [0.4, 0.5) is 5.13 Å². The maximum Gasteiger partial charge on any atom is 0.244 e. The molecular weight excluding hydrogens is 431 g/mol.